The summed E-state index contributed by atoms with van der Waals surface area (Å²) in [5.74, 6) is -0.0935. The molecule has 1 aromatic rings. The van der Waals surface area contributed by atoms with Crippen LogP contribution >= 0.6 is 0 Å². The number of nitrogens with zero attached hydrogens (tertiary/aromatic N) is 3. The molecule has 0 bridgehead atoms. The Morgan fingerprint density at radius 2 is 2.33 bits per heavy atom. The molecule has 1 heterocycles. The van der Waals surface area contributed by atoms with Crippen LogP contribution in [0, 0.1) is 0 Å². The van der Waals surface area contributed by atoms with E-state index in [2.05, 4.69) is 15.5 Å². The molecule has 114 valence electrons. The Balaban J connectivity index is 2.85. The smallest absolute Gasteiger partial charge is 0.252 e. The van der Waals surface area contributed by atoms with Gasteiger partial charge >= 0.3 is 0 Å². The number of carbonyl (C=O) groups excluding carboxylic acids is 1. The van der Waals surface area contributed by atoms with Crippen molar-refractivity contribution in [1.29, 1.82) is 0 Å². The third-order valence-electron chi connectivity index (χ3n) is 2.83. The highest BCUT2D eigenvalue weighted by atomic mass is 16.5. The molecule has 0 aromatic carbocycles. The molecule has 1 N–H and O–H groups in total. The number of carbonyl (C=O) groups is 1. The van der Waals surface area contributed by atoms with Crippen LogP contribution in [0.2, 0.25) is 0 Å². The van der Waals surface area contributed by atoms with Crippen molar-refractivity contribution >= 4 is 17.3 Å². The summed E-state index contributed by atoms with van der Waals surface area (Å²) in [6.45, 7) is 6.25. The molecule has 6 heteroatoms. The van der Waals surface area contributed by atoms with E-state index in [1.54, 1.807) is 17.3 Å². The van der Waals surface area contributed by atoms with Crippen LogP contribution in [-0.2, 0) is 9.53 Å². The zero-order chi connectivity index (χ0) is 15.7. The second-order valence-corrected chi connectivity index (χ2v) is 4.30. The molecule has 0 unspecified atom stereocenters. The van der Waals surface area contributed by atoms with Gasteiger partial charge in [0.15, 0.2) is 0 Å². The molecule has 0 aliphatic heterocycles. The highest BCUT2D eigenvalue weighted by molar-refractivity contribution is 6.01. The SMILES string of the molecule is C/C=C(\C(C)=N/Nc1cccnc1)N(CC)C(=O)COC. The molecule has 0 saturated carbocycles. The summed E-state index contributed by atoms with van der Waals surface area (Å²) in [5.41, 5.74) is 5.19. The van der Waals surface area contributed by atoms with Crippen LogP contribution in [0.15, 0.2) is 41.4 Å². The van der Waals surface area contributed by atoms with E-state index < -0.39 is 0 Å². The third kappa shape index (κ3) is 5.00. The number of rotatable bonds is 7. The minimum atomic E-state index is -0.0935. The second-order valence-electron chi connectivity index (χ2n) is 4.30. The number of anilines is 1. The van der Waals surface area contributed by atoms with Crippen molar-refractivity contribution in [2.75, 3.05) is 25.7 Å². The first-order valence-electron chi connectivity index (χ1n) is 6.80. The summed E-state index contributed by atoms with van der Waals surface area (Å²) in [4.78, 5) is 17.7. The van der Waals surface area contributed by atoms with Crippen LogP contribution in [0.3, 0.4) is 0 Å². The van der Waals surface area contributed by atoms with Crippen molar-refractivity contribution in [1.82, 2.24) is 9.88 Å². The van der Waals surface area contributed by atoms with E-state index in [1.165, 1.54) is 7.11 Å². The van der Waals surface area contributed by atoms with Crippen molar-refractivity contribution < 1.29 is 9.53 Å². The van der Waals surface area contributed by atoms with E-state index in [0.717, 1.165) is 11.4 Å². The van der Waals surface area contributed by atoms with E-state index >= 15 is 0 Å². The molecule has 0 spiro atoms. The van der Waals surface area contributed by atoms with Gasteiger partial charge in [-0.05, 0) is 32.9 Å². The van der Waals surface area contributed by atoms with Gasteiger partial charge in [0.2, 0.25) is 0 Å². The predicted octanol–water partition coefficient (Wildman–Crippen LogP) is 2.27. The van der Waals surface area contributed by atoms with Crippen molar-refractivity contribution in [3.8, 4) is 0 Å². The number of allylic oxidation sites excluding steroid dienone is 2. The van der Waals surface area contributed by atoms with E-state index in [-0.39, 0.29) is 12.5 Å². The lowest BCUT2D eigenvalue weighted by molar-refractivity contribution is -0.132. The van der Waals surface area contributed by atoms with Crippen molar-refractivity contribution in [2.24, 2.45) is 5.10 Å². The summed E-state index contributed by atoms with van der Waals surface area (Å²) < 4.78 is 4.91. The molecular formula is C15H22N4O2. The van der Waals surface area contributed by atoms with Gasteiger partial charge in [-0.15, -0.1) is 0 Å². The fourth-order valence-corrected chi connectivity index (χ4v) is 1.88. The number of likely N-dealkylation sites (N-methyl/N-ethyl adjacent to an activating group) is 1. The Labute approximate surface area is 125 Å². The summed E-state index contributed by atoms with van der Waals surface area (Å²) in [5, 5.41) is 4.30. The topological polar surface area (TPSA) is 66.8 Å². The molecule has 1 aromatic heterocycles. The van der Waals surface area contributed by atoms with E-state index in [9.17, 15) is 4.79 Å². The molecule has 0 atom stereocenters. The zero-order valence-electron chi connectivity index (χ0n) is 13.0. The van der Waals surface area contributed by atoms with Crippen LogP contribution in [0.4, 0.5) is 5.69 Å². The van der Waals surface area contributed by atoms with Crippen LogP contribution in [0.1, 0.15) is 20.8 Å². The first kappa shape index (κ1) is 16.8. The number of amides is 1. The number of ether oxygens (including phenoxy) is 1. The lowest BCUT2D eigenvalue weighted by Gasteiger charge is -2.23. The molecule has 0 aliphatic rings. The van der Waals surface area contributed by atoms with Crippen LogP contribution < -0.4 is 5.43 Å². The number of hydrogen-bond acceptors (Lipinski definition) is 5. The van der Waals surface area contributed by atoms with Gasteiger partial charge in [-0.25, -0.2) is 0 Å². The minimum Gasteiger partial charge on any atom is -0.375 e. The van der Waals surface area contributed by atoms with Gasteiger partial charge in [0.05, 0.1) is 23.3 Å². The lowest BCUT2D eigenvalue weighted by atomic mass is 10.2. The first-order chi connectivity index (χ1) is 10.1. The fraction of sp³-hybridized carbons (Fsp3) is 0.400. The maximum absolute atomic E-state index is 12.0. The van der Waals surface area contributed by atoms with Gasteiger partial charge in [-0.3, -0.25) is 15.2 Å². The molecule has 0 aliphatic carbocycles. The maximum Gasteiger partial charge on any atom is 0.252 e. The molecule has 6 nitrogen and oxygen atoms in total. The lowest BCUT2D eigenvalue weighted by Crippen LogP contribution is -2.35. The molecule has 0 fully saturated rings. The van der Waals surface area contributed by atoms with Crippen molar-refractivity contribution in [3.05, 3.63) is 36.3 Å². The highest BCUT2D eigenvalue weighted by Crippen LogP contribution is 2.09. The molecular weight excluding hydrogens is 268 g/mol. The number of hydrazone groups is 1. The Kier molecular flexibility index (Phi) is 7.11. The Hall–Kier alpha value is -2.21. The number of hydrogen-bond donors (Lipinski definition) is 1. The minimum absolute atomic E-state index is 0.0501. The Bertz CT molecular complexity index is 512. The van der Waals surface area contributed by atoms with E-state index in [4.69, 9.17) is 4.74 Å². The quantitative estimate of drug-likeness (QED) is 0.618. The normalized spacial score (nSPS) is 12.2. The van der Waals surface area contributed by atoms with Crippen molar-refractivity contribution in [2.45, 2.75) is 20.8 Å². The van der Waals surface area contributed by atoms with E-state index in [0.29, 0.717) is 12.3 Å². The summed E-state index contributed by atoms with van der Waals surface area (Å²) >= 11 is 0. The van der Waals surface area contributed by atoms with Gasteiger partial charge in [0, 0.05) is 19.9 Å². The maximum atomic E-state index is 12.0. The number of pyridine rings is 1. The Morgan fingerprint density at radius 1 is 1.57 bits per heavy atom. The van der Waals surface area contributed by atoms with Crippen LogP contribution in [0.5, 0.6) is 0 Å². The summed E-state index contributed by atoms with van der Waals surface area (Å²) in [6.07, 6.45) is 5.24. The molecule has 0 saturated heterocycles. The number of aromatic nitrogens is 1. The number of nitrogens with one attached hydrogen (secondary N) is 1. The second kappa shape index (κ2) is 8.86. The van der Waals surface area contributed by atoms with Gasteiger partial charge in [0.1, 0.15) is 6.61 Å². The monoisotopic (exact) mass is 290 g/mol. The van der Waals surface area contributed by atoms with Crippen LogP contribution in [0.25, 0.3) is 0 Å². The number of methoxy groups -OCH3 is 1. The Morgan fingerprint density at radius 3 is 2.86 bits per heavy atom. The zero-order valence-corrected chi connectivity index (χ0v) is 13.0. The highest BCUT2D eigenvalue weighted by Gasteiger charge is 2.17. The standard InChI is InChI=1S/C15H22N4O2/c1-5-14(19(6-2)15(20)11-21-4)12(3)17-18-13-8-7-9-16-10-13/h5,7-10,18H,6,11H2,1-4H3/b14-5+,17-12-. The van der Waals surface area contributed by atoms with Gasteiger partial charge in [-0.1, -0.05) is 6.08 Å². The van der Waals surface area contributed by atoms with Gasteiger partial charge < -0.3 is 9.64 Å². The fourth-order valence-electron chi connectivity index (χ4n) is 1.88. The predicted molar refractivity (Wildman–Crippen MR) is 84.0 cm³/mol. The largest absolute Gasteiger partial charge is 0.375 e. The molecule has 0 radical (unpaired) electrons. The average molecular weight is 290 g/mol. The molecule has 21 heavy (non-hydrogen) atoms. The molecule has 1 rings (SSSR count). The van der Waals surface area contributed by atoms with Crippen molar-refractivity contribution in [3.63, 3.8) is 0 Å². The van der Waals surface area contributed by atoms with Gasteiger partial charge in [-0.2, -0.15) is 5.10 Å². The van der Waals surface area contributed by atoms with Gasteiger partial charge in [0.25, 0.3) is 5.91 Å². The van der Waals surface area contributed by atoms with E-state index in [1.807, 2.05) is 39.0 Å². The first-order valence-corrected chi connectivity index (χ1v) is 6.80. The van der Waals surface area contributed by atoms with Crippen LogP contribution in [-0.4, -0.2) is 41.8 Å². The molecule has 1 amide bonds. The average Bonchev–Trinajstić information content (AvgIpc) is 2.51. The summed E-state index contributed by atoms with van der Waals surface area (Å²) in [6, 6.07) is 3.69. The third-order valence-corrected chi connectivity index (χ3v) is 2.83. The summed E-state index contributed by atoms with van der Waals surface area (Å²) in [7, 11) is 1.51.